The molecular weight excluding hydrogens is 342 g/mol. The van der Waals surface area contributed by atoms with Crippen LogP contribution in [0.2, 0.25) is 0 Å². The van der Waals surface area contributed by atoms with Crippen LogP contribution >= 0.6 is 0 Å². The molecule has 3 aromatic rings. The number of fused-ring (bicyclic) bond motifs is 1. The number of aliphatic hydroxyl groups excluding tert-OH is 1. The Morgan fingerprint density at radius 3 is 2.26 bits per heavy atom. The Labute approximate surface area is 159 Å². The zero-order chi connectivity index (χ0) is 19.2. The van der Waals surface area contributed by atoms with Gasteiger partial charge in [0, 0.05) is 6.54 Å². The van der Waals surface area contributed by atoms with Crippen molar-refractivity contribution >= 4 is 11.0 Å². The Kier molecular flexibility index (Phi) is 6.19. The largest absolute Gasteiger partial charge is 0.497 e. The average Bonchev–Trinajstić information content (AvgIpc) is 2.96. The summed E-state index contributed by atoms with van der Waals surface area (Å²) < 4.78 is 14.7. The number of aromatic nitrogens is 2. The molecule has 2 aromatic carbocycles. The van der Waals surface area contributed by atoms with Gasteiger partial charge in [0.05, 0.1) is 24.7 Å². The summed E-state index contributed by atoms with van der Waals surface area (Å²) in [6.07, 6.45) is 1.38. The fourth-order valence-corrected chi connectivity index (χ4v) is 3.15. The summed E-state index contributed by atoms with van der Waals surface area (Å²) in [5, 5.41) is 19.0. The van der Waals surface area contributed by atoms with Crippen LogP contribution in [-0.4, -0.2) is 34.1 Å². The molecule has 3 rings (SSSR count). The van der Waals surface area contributed by atoms with Crippen molar-refractivity contribution in [1.29, 1.82) is 5.41 Å². The van der Waals surface area contributed by atoms with E-state index in [0.717, 1.165) is 36.2 Å². The maximum atomic E-state index is 10.5. The minimum Gasteiger partial charge on any atom is -0.497 e. The van der Waals surface area contributed by atoms with Gasteiger partial charge >= 0.3 is 0 Å². The molecule has 0 saturated carbocycles. The van der Waals surface area contributed by atoms with Crippen LogP contribution in [0.3, 0.4) is 0 Å². The Balaban J connectivity index is 1.73. The number of aliphatic hydroxyl groups is 1. The van der Waals surface area contributed by atoms with Crippen LogP contribution in [0.4, 0.5) is 0 Å². The standard InChI is InChI=1S/C21H27N3O3/c1-3-4-13-23-19-7-5-6-8-20(19)24(21(23)22)14-16(25)15-27-18-11-9-17(26-2)10-12-18/h5-12,16,22,25H,3-4,13-15H2,1-2H3/t16-/m0/s1. The van der Waals surface area contributed by atoms with Gasteiger partial charge in [0.1, 0.15) is 24.2 Å². The van der Waals surface area contributed by atoms with Crippen molar-refractivity contribution in [1.82, 2.24) is 9.13 Å². The first-order valence-electron chi connectivity index (χ1n) is 9.31. The van der Waals surface area contributed by atoms with Crippen LogP contribution in [0.1, 0.15) is 19.8 Å². The number of aryl methyl sites for hydroxylation is 1. The number of ether oxygens (including phenoxy) is 2. The predicted molar refractivity (Wildman–Crippen MR) is 105 cm³/mol. The Morgan fingerprint density at radius 2 is 1.63 bits per heavy atom. The normalized spacial score (nSPS) is 12.3. The molecule has 0 fully saturated rings. The summed E-state index contributed by atoms with van der Waals surface area (Å²) in [7, 11) is 1.62. The summed E-state index contributed by atoms with van der Waals surface area (Å²) in [5.41, 5.74) is 2.40. The van der Waals surface area contributed by atoms with Gasteiger partial charge in [0.15, 0.2) is 0 Å². The van der Waals surface area contributed by atoms with E-state index in [1.807, 2.05) is 57.7 Å². The van der Waals surface area contributed by atoms with E-state index in [1.54, 1.807) is 7.11 Å². The smallest absolute Gasteiger partial charge is 0.203 e. The van der Waals surface area contributed by atoms with E-state index in [9.17, 15) is 5.11 Å². The third-order valence-electron chi connectivity index (χ3n) is 4.61. The number of hydrogen-bond acceptors (Lipinski definition) is 4. The molecule has 1 heterocycles. The van der Waals surface area contributed by atoms with Crippen molar-refractivity contribution in [2.24, 2.45) is 0 Å². The van der Waals surface area contributed by atoms with Gasteiger partial charge in [0.2, 0.25) is 5.62 Å². The second kappa shape index (κ2) is 8.77. The van der Waals surface area contributed by atoms with E-state index >= 15 is 0 Å². The number of nitrogens with zero attached hydrogens (tertiary/aromatic N) is 2. The molecule has 27 heavy (non-hydrogen) atoms. The van der Waals surface area contributed by atoms with Crippen molar-refractivity contribution in [3.8, 4) is 11.5 Å². The number of methoxy groups -OCH3 is 1. The van der Waals surface area contributed by atoms with Crippen molar-refractivity contribution in [3.05, 3.63) is 54.1 Å². The number of unbranched alkanes of at least 4 members (excludes halogenated alkanes) is 1. The Morgan fingerprint density at radius 1 is 1.00 bits per heavy atom. The number of nitrogens with one attached hydrogen (secondary N) is 1. The van der Waals surface area contributed by atoms with Crippen molar-refractivity contribution in [2.45, 2.75) is 39.0 Å². The second-order valence-corrected chi connectivity index (χ2v) is 6.57. The molecule has 0 radical (unpaired) electrons. The summed E-state index contributed by atoms with van der Waals surface area (Å²) in [6, 6.07) is 15.2. The monoisotopic (exact) mass is 369 g/mol. The highest BCUT2D eigenvalue weighted by Crippen LogP contribution is 2.18. The molecule has 0 aliphatic heterocycles. The SMILES string of the molecule is CCCCn1c(=N)n(C[C@H](O)COc2ccc(OC)cc2)c2ccccc21. The molecule has 6 heteroatoms. The molecule has 0 saturated heterocycles. The first kappa shape index (κ1) is 19.0. The Hall–Kier alpha value is -2.73. The van der Waals surface area contributed by atoms with Crippen LogP contribution < -0.4 is 15.1 Å². The molecule has 0 aliphatic carbocycles. The molecule has 1 aromatic heterocycles. The highest BCUT2D eigenvalue weighted by molar-refractivity contribution is 5.75. The molecule has 1 atom stereocenters. The first-order chi connectivity index (χ1) is 13.1. The van der Waals surface area contributed by atoms with Gasteiger partial charge in [-0.25, -0.2) is 0 Å². The van der Waals surface area contributed by atoms with Gasteiger partial charge in [-0.2, -0.15) is 0 Å². The minimum atomic E-state index is -0.716. The number of rotatable bonds is 9. The van der Waals surface area contributed by atoms with E-state index in [2.05, 4.69) is 6.92 Å². The summed E-state index contributed by atoms with van der Waals surface area (Å²) in [4.78, 5) is 0. The van der Waals surface area contributed by atoms with E-state index in [-0.39, 0.29) is 6.61 Å². The second-order valence-electron chi connectivity index (χ2n) is 6.57. The van der Waals surface area contributed by atoms with Gasteiger partial charge in [-0.3, -0.25) is 5.41 Å². The molecule has 2 N–H and O–H groups in total. The Bertz CT molecular complexity index is 928. The summed E-state index contributed by atoms with van der Waals surface area (Å²) >= 11 is 0. The topological polar surface area (TPSA) is 72.4 Å². The third-order valence-corrected chi connectivity index (χ3v) is 4.61. The zero-order valence-corrected chi connectivity index (χ0v) is 15.9. The highest BCUT2D eigenvalue weighted by Gasteiger charge is 2.14. The number of hydrogen-bond donors (Lipinski definition) is 2. The third kappa shape index (κ3) is 4.34. The van der Waals surface area contributed by atoms with E-state index in [0.29, 0.717) is 17.9 Å². The van der Waals surface area contributed by atoms with Crippen LogP contribution in [0.15, 0.2) is 48.5 Å². The van der Waals surface area contributed by atoms with Crippen molar-refractivity contribution in [3.63, 3.8) is 0 Å². The minimum absolute atomic E-state index is 0.160. The van der Waals surface area contributed by atoms with Crippen LogP contribution in [0.5, 0.6) is 11.5 Å². The van der Waals surface area contributed by atoms with Crippen LogP contribution in [-0.2, 0) is 13.1 Å². The lowest BCUT2D eigenvalue weighted by Gasteiger charge is -2.14. The molecule has 0 amide bonds. The maximum Gasteiger partial charge on any atom is 0.203 e. The lowest BCUT2D eigenvalue weighted by molar-refractivity contribution is 0.0920. The molecule has 0 aliphatic rings. The number of imidazole rings is 1. The van der Waals surface area contributed by atoms with Crippen molar-refractivity contribution < 1.29 is 14.6 Å². The lowest BCUT2D eigenvalue weighted by Crippen LogP contribution is -2.31. The van der Waals surface area contributed by atoms with Gasteiger partial charge < -0.3 is 23.7 Å². The fourth-order valence-electron chi connectivity index (χ4n) is 3.15. The van der Waals surface area contributed by atoms with Crippen LogP contribution in [0.25, 0.3) is 11.0 Å². The first-order valence-corrected chi connectivity index (χ1v) is 9.31. The number of para-hydroxylation sites is 2. The van der Waals surface area contributed by atoms with Gasteiger partial charge in [0.25, 0.3) is 0 Å². The van der Waals surface area contributed by atoms with E-state index in [4.69, 9.17) is 14.9 Å². The van der Waals surface area contributed by atoms with Gasteiger partial charge in [-0.15, -0.1) is 0 Å². The quantitative estimate of drug-likeness (QED) is 0.608. The van der Waals surface area contributed by atoms with E-state index < -0.39 is 6.10 Å². The lowest BCUT2D eigenvalue weighted by atomic mass is 10.3. The summed E-state index contributed by atoms with van der Waals surface area (Å²) in [5.74, 6) is 1.44. The van der Waals surface area contributed by atoms with Gasteiger partial charge in [-0.05, 0) is 42.8 Å². The molecule has 6 nitrogen and oxygen atoms in total. The fraction of sp³-hybridized carbons (Fsp3) is 0.381. The van der Waals surface area contributed by atoms with Crippen molar-refractivity contribution in [2.75, 3.05) is 13.7 Å². The molecule has 0 spiro atoms. The van der Waals surface area contributed by atoms with Gasteiger partial charge in [-0.1, -0.05) is 25.5 Å². The molecule has 0 unspecified atom stereocenters. The van der Waals surface area contributed by atoms with E-state index in [1.165, 1.54) is 0 Å². The molecular formula is C21H27N3O3. The summed E-state index contributed by atoms with van der Waals surface area (Å²) in [6.45, 7) is 3.42. The number of benzene rings is 2. The van der Waals surface area contributed by atoms with Crippen LogP contribution in [0, 0.1) is 5.41 Å². The maximum absolute atomic E-state index is 10.5. The predicted octanol–water partition coefficient (Wildman–Crippen LogP) is 3.17. The average molecular weight is 369 g/mol. The molecule has 0 bridgehead atoms. The highest BCUT2D eigenvalue weighted by atomic mass is 16.5. The zero-order valence-electron chi connectivity index (χ0n) is 15.9. The molecule has 144 valence electrons.